The lowest BCUT2D eigenvalue weighted by Crippen LogP contribution is -2.42. The summed E-state index contributed by atoms with van der Waals surface area (Å²) < 4.78 is 1.34. The highest BCUT2D eigenvalue weighted by molar-refractivity contribution is 5.96. The summed E-state index contributed by atoms with van der Waals surface area (Å²) in [6, 6.07) is 25.1. The molecular weight excluding hydrogens is 619 g/mol. The average Bonchev–Trinajstić information content (AvgIpc) is 3.49. The van der Waals surface area contributed by atoms with Crippen molar-refractivity contribution in [1.82, 2.24) is 9.78 Å². The first kappa shape index (κ1) is 33.6. The summed E-state index contributed by atoms with van der Waals surface area (Å²) in [7, 11) is 0. The number of anilines is 2. The smallest absolute Gasteiger partial charge is 0.354 e. The van der Waals surface area contributed by atoms with Crippen molar-refractivity contribution in [3.63, 3.8) is 0 Å². The Morgan fingerprint density at radius 3 is 2.44 bits per heavy atom. The van der Waals surface area contributed by atoms with Gasteiger partial charge in [0.05, 0.1) is 11.3 Å². The molecule has 1 unspecified atom stereocenters. The highest BCUT2D eigenvalue weighted by Crippen LogP contribution is 2.60. The predicted molar refractivity (Wildman–Crippen MR) is 205 cm³/mol. The van der Waals surface area contributed by atoms with Gasteiger partial charge in [-0.1, -0.05) is 113 Å². The lowest BCUT2D eigenvalue weighted by atomic mass is 9.51. The number of unbranched alkanes of at least 4 members (excludes halogenated alkanes) is 5. The number of hydrogen-bond acceptors (Lipinski definition) is 3. The average molecular weight is 668 g/mol. The van der Waals surface area contributed by atoms with Gasteiger partial charge in [0, 0.05) is 17.9 Å². The molecule has 258 valence electrons. The van der Waals surface area contributed by atoms with Crippen molar-refractivity contribution in [2.24, 2.45) is 11.3 Å². The molecule has 1 saturated carbocycles. The molecule has 2 bridgehead atoms. The molecule has 1 aromatic heterocycles. The SMILES string of the molecule is CCCCCCCCc1ccc(N2CCCc3cc(/C=C/C4=CC(c5c(C(=O)O)[nH]n(-c6ccccc6)c5=O)=C5CC4C5(C)C)ccc32)cc1. The van der Waals surface area contributed by atoms with Crippen molar-refractivity contribution < 1.29 is 9.90 Å². The molecule has 1 aliphatic heterocycles. The van der Waals surface area contributed by atoms with Gasteiger partial charge in [-0.3, -0.25) is 9.89 Å². The molecule has 4 aromatic rings. The Kier molecular flexibility index (Phi) is 9.54. The van der Waals surface area contributed by atoms with E-state index in [1.807, 2.05) is 24.3 Å². The normalized spacial score (nSPS) is 17.9. The molecule has 50 heavy (non-hydrogen) atoms. The van der Waals surface area contributed by atoms with Crippen LogP contribution in [0.1, 0.15) is 105 Å². The largest absolute Gasteiger partial charge is 0.477 e. The van der Waals surface area contributed by atoms with E-state index in [-0.39, 0.29) is 22.2 Å². The van der Waals surface area contributed by atoms with Gasteiger partial charge in [0.2, 0.25) is 0 Å². The van der Waals surface area contributed by atoms with Crippen LogP contribution in [0.15, 0.2) is 101 Å². The Balaban J connectivity index is 1.11. The van der Waals surface area contributed by atoms with Crippen LogP contribution in [0.3, 0.4) is 0 Å². The number of fused-ring (bicyclic) bond motifs is 2. The van der Waals surface area contributed by atoms with Crippen molar-refractivity contribution in [2.75, 3.05) is 11.4 Å². The fraction of sp³-hybridized carbons (Fsp3) is 0.364. The zero-order chi connectivity index (χ0) is 34.8. The van der Waals surface area contributed by atoms with Crippen molar-refractivity contribution in [3.8, 4) is 5.69 Å². The second-order valence-electron chi connectivity index (χ2n) is 14.8. The summed E-state index contributed by atoms with van der Waals surface area (Å²) in [5.74, 6) is -0.824. The molecule has 6 nitrogen and oxygen atoms in total. The highest BCUT2D eigenvalue weighted by atomic mass is 16.4. The highest BCUT2D eigenvalue weighted by Gasteiger charge is 2.49. The molecule has 4 aliphatic rings. The molecule has 0 amide bonds. The Morgan fingerprint density at radius 2 is 1.70 bits per heavy atom. The van der Waals surface area contributed by atoms with Crippen molar-refractivity contribution in [2.45, 2.75) is 85.0 Å². The molecule has 0 spiro atoms. The minimum Gasteiger partial charge on any atom is -0.477 e. The molecule has 6 heteroatoms. The first-order chi connectivity index (χ1) is 24.3. The minimum atomic E-state index is -1.14. The Morgan fingerprint density at radius 1 is 0.940 bits per heavy atom. The monoisotopic (exact) mass is 667 g/mol. The number of aromatic amines is 1. The molecule has 2 N–H and O–H groups in total. The lowest BCUT2D eigenvalue weighted by Gasteiger charge is -2.52. The summed E-state index contributed by atoms with van der Waals surface area (Å²) in [4.78, 5) is 28.7. The molecular formula is C44H49N3O3. The van der Waals surface area contributed by atoms with E-state index in [1.54, 1.807) is 12.1 Å². The Labute approximate surface area is 295 Å². The molecule has 1 fully saturated rings. The number of carboxylic acids is 1. The maximum atomic E-state index is 13.8. The predicted octanol–water partition coefficient (Wildman–Crippen LogP) is 10.3. The molecule has 3 aliphatic carbocycles. The Bertz CT molecular complexity index is 2020. The van der Waals surface area contributed by atoms with Gasteiger partial charge < -0.3 is 10.0 Å². The number of carbonyl (C=O) groups is 1. The minimum absolute atomic E-state index is 0.0752. The second-order valence-corrected chi connectivity index (χ2v) is 14.8. The number of H-pyrrole nitrogens is 1. The van der Waals surface area contributed by atoms with Crippen LogP contribution in [0.25, 0.3) is 17.3 Å². The molecule has 8 rings (SSSR count). The van der Waals surface area contributed by atoms with Crippen LogP contribution in [0.4, 0.5) is 11.4 Å². The lowest BCUT2D eigenvalue weighted by molar-refractivity contribution is 0.0689. The number of rotatable bonds is 13. The fourth-order valence-electron chi connectivity index (χ4n) is 8.27. The molecule has 1 atom stereocenters. The van der Waals surface area contributed by atoms with E-state index in [2.05, 4.69) is 85.4 Å². The van der Waals surface area contributed by atoms with Crippen LogP contribution in [-0.2, 0) is 12.8 Å². The first-order valence-corrected chi connectivity index (χ1v) is 18.5. The first-order valence-electron chi connectivity index (χ1n) is 18.5. The number of para-hydroxylation sites is 1. The van der Waals surface area contributed by atoms with Gasteiger partial charge in [-0.15, -0.1) is 0 Å². The van der Waals surface area contributed by atoms with E-state index in [9.17, 15) is 14.7 Å². The number of aromatic nitrogens is 2. The Hall–Kier alpha value is -4.84. The summed E-state index contributed by atoms with van der Waals surface area (Å²) in [5.41, 5.74) is 9.74. The van der Waals surface area contributed by atoms with E-state index in [0.717, 1.165) is 54.5 Å². The standard InChI is InChI=1S/C44H49N3O3/c1-4-5-6-7-8-10-14-30-19-23-34(24-20-30)46-26-13-15-33-27-31(21-25-39(33)46)18-22-32-28-36(38-29-37(32)44(38,2)3)40-41(43(49)50)45-47(42(40)48)35-16-11-9-12-17-35/h9,11-12,16-25,27-28,37,45H,4-8,10,13-15,26,29H2,1-3H3,(H,49,50)/b22-18+. The third-order valence-electron chi connectivity index (χ3n) is 11.2. The summed E-state index contributed by atoms with van der Waals surface area (Å²) in [6.45, 7) is 7.69. The van der Waals surface area contributed by atoms with E-state index in [1.165, 1.54) is 65.7 Å². The summed E-state index contributed by atoms with van der Waals surface area (Å²) >= 11 is 0. The topological polar surface area (TPSA) is 78.3 Å². The number of carboxylic acid groups (broad SMARTS) is 1. The summed E-state index contributed by atoms with van der Waals surface area (Å²) in [6.07, 6.45) is 18.5. The molecule has 2 heterocycles. The number of nitrogens with one attached hydrogen (secondary N) is 1. The van der Waals surface area contributed by atoms with Gasteiger partial charge >= 0.3 is 5.97 Å². The number of aromatic carboxylic acids is 1. The van der Waals surface area contributed by atoms with E-state index < -0.39 is 5.97 Å². The van der Waals surface area contributed by atoms with Gasteiger partial charge in [0.25, 0.3) is 5.56 Å². The summed E-state index contributed by atoms with van der Waals surface area (Å²) in [5, 5.41) is 13.0. The second kappa shape index (κ2) is 14.2. The van der Waals surface area contributed by atoms with Crippen molar-refractivity contribution >= 4 is 29.0 Å². The van der Waals surface area contributed by atoms with Gasteiger partial charge in [0.1, 0.15) is 0 Å². The number of hydrogen-bond donors (Lipinski definition) is 2. The van der Waals surface area contributed by atoms with Crippen LogP contribution < -0.4 is 10.5 Å². The van der Waals surface area contributed by atoms with E-state index in [4.69, 9.17) is 0 Å². The van der Waals surface area contributed by atoms with Crippen molar-refractivity contribution in [1.29, 1.82) is 0 Å². The third kappa shape index (κ3) is 6.44. The van der Waals surface area contributed by atoms with Crippen LogP contribution in [0.2, 0.25) is 0 Å². The number of benzene rings is 3. The molecule has 0 radical (unpaired) electrons. The molecule has 0 saturated heterocycles. The van der Waals surface area contributed by atoms with Gasteiger partial charge in [-0.2, -0.15) is 0 Å². The van der Waals surface area contributed by atoms with Crippen LogP contribution in [0, 0.1) is 11.3 Å². The van der Waals surface area contributed by atoms with Gasteiger partial charge in [0.15, 0.2) is 5.69 Å². The maximum absolute atomic E-state index is 13.8. The van der Waals surface area contributed by atoms with Gasteiger partial charge in [-0.25, -0.2) is 9.48 Å². The maximum Gasteiger partial charge on any atom is 0.354 e. The van der Waals surface area contributed by atoms with E-state index >= 15 is 0 Å². The zero-order valence-electron chi connectivity index (χ0n) is 29.7. The van der Waals surface area contributed by atoms with Crippen LogP contribution in [0.5, 0.6) is 0 Å². The molecule has 3 aromatic carbocycles. The van der Waals surface area contributed by atoms with Crippen molar-refractivity contribution in [3.05, 3.63) is 134 Å². The van der Waals surface area contributed by atoms with Gasteiger partial charge in [-0.05, 0) is 108 Å². The fourth-order valence-corrected chi connectivity index (χ4v) is 8.27. The number of allylic oxidation sites excluding steroid dienone is 5. The number of aryl methyl sites for hydroxylation is 2. The number of nitrogens with zero attached hydrogens (tertiary/aromatic N) is 2. The van der Waals surface area contributed by atoms with Crippen LogP contribution >= 0.6 is 0 Å². The quantitative estimate of drug-likeness (QED) is 0.139. The zero-order valence-corrected chi connectivity index (χ0v) is 29.7. The third-order valence-corrected chi connectivity index (χ3v) is 11.2. The van der Waals surface area contributed by atoms with Crippen LogP contribution in [-0.4, -0.2) is 27.4 Å². The van der Waals surface area contributed by atoms with E-state index in [0.29, 0.717) is 11.6 Å².